The summed E-state index contributed by atoms with van der Waals surface area (Å²) in [5, 5.41) is 9.81. The van der Waals surface area contributed by atoms with Gasteiger partial charge < -0.3 is 24.2 Å². The lowest BCUT2D eigenvalue weighted by Crippen LogP contribution is -2.30. The molecule has 0 aromatic rings. The van der Waals surface area contributed by atoms with Crippen LogP contribution in [0.25, 0.3) is 0 Å². The van der Waals surface area contributed by atoms with Gasteiger partial charge in [0.15, 0.2) is 6.10 Å². The highest BCUT2D eigenvalue weighted by atomic mass is 31.2. The number of esters is 3. The maximum absolute atomic E-state index is 12.9. The monoisotopic (exact) mass is 1080 g/mol. The summed E-state index contributed by atoms with van der Waals surface area (Å²) in [5.41, 5.74) is 0. The van der Waals surface area contributed by atoms with Crippen molar-refractivity contribution in [2.45, 2.75) is 238 Å². The van der Waals surface area contributed by atoms with Crippen molar-refractivity contribution < 1.29 is 52.2 Å². The van der Waals surface area contributed by atoms with Crippen LogP contribution in [0, 0.1) is 0 Å². The van der Waals surface area contributed by atoms with Gasteiger partial charge in [0.1, 0.15) is 12.7 Å². The second-order valence-corrected chi connectivity index (χ2v) is 20.5. The van der Waals surface area contributed by atoms with Gasteiger partial charge in [-0.25, -0.2) is 4.57 Å². The fraction of sp³-hybridized carbons (Fsp3) is 0.641. The molecule has 0 saturated heterocycles. The van der Waals surface area contributed by atoms with E-state index in [4.69, 9.17) is 23.3 Å². The largest absolute Gasteiger partial charge is 0.472 e. The normalized spacial score (nSPS) is 14.2. The molecule has 432 valence electrons. The number of allylic oxidation sites excluding steroid dienone is 20. The van der Waals surface area contributed by atoms with Gasteiger partial charge >= 0.3 is 25.7 Å². The fourth-order valence-corrected chi connectivity index (χ4v) is 8.21. The Kier molecular flexibility index (Phi) is 54.0. The minimum Gasteiger partial charge on any atom is -0.462 e. The number of aliphatic hydroxyl groups is 1. The van der Waals surface area contributed by atoms with Crippen molar-refractivity contribution in [3.8, 4) is 0 Å². The molecule has 0 spiro atoms. The average molecular weight is 1080 g/mol. The van der Waals surface area contributed by atoms with Gasteiger partial charge in [-0.1, -0.05) is 200 Å². The van der Waals surface area contributed by atoms with Gasteiger partial charge in [-0.3, -0.25) is 23.4 Å². The second kappa shape index (κ2) is 57.1. The fourth-order valence-electron chi connectivity index (χ4n) is 7.43. The van der Waals surface area contributed by atoms with Gasteiger partial charge in [-0.05, 0) is 128 Å². The number of carbonyl (C=O) groups is 3. The molecule has 76 heavy (non-hydrogen) atoms. The molecule has 0 aromatic heterocycles. The standard InChI is InChI=1S/C64H105O11P/c1-4-7-10-13-16-19-22-25-28-29-30-31-34-35-38-41-44-47-50-53-62(66)71-57-61(75-64(68)55-52-49-46-43-40-37-33-27-24-21-18-15-12-9-6-3)59-73-76(69,70)72-58-60(56-65)74-63(67)54-51-48-45-42-39-36-32-26-23-20-17-14-11-8-5-2/h8-9,11-12,16-21,25-28,32-33,39-40,42-43,60-61,65H,4-7,10,13-15,22-24,29-31,34-38,41,44-59H2,1-3H3,(H,69,70)/b11-8-,12-9-,19-16-,20-17-,21-18-,28-25-,32-26-,33-27-,42-39-,43-40-. The van der Waals surface area contributed by atoms with Crippen molar-refractivity contribution in [1.82, 2.24) is 0 Å². The number of hydrogen-bond donors (Lipinski definition) is 2. The van der Waals surface area contributed by atoms with Crippen molar-refractivity contribution in [3.05, 3.63) is 122 Å². The number of phosphoric acid groups is 1. The van der Waals surface area contributed by atoms with E-state index < -0.39 is 57.8 Å². The zero-order chi connectivity index (χ0) is 55.5. The first-order chi connectivity index (χ1) is 37.2. The molecule has 0 aliphatic heterocycles. The molecule has 11 nitrogen and oxygen atoms in total. The van der Waals surface area contributed by atoms with E-state index in [0.29, 0.717) is 19.3 Å². The summed E-state index contributed by atoms with van der Waals surface area (Å²) in [7, 11) is -4.78. The number of aliphatic hydroxyl groups excluding tert-OH is 1. The Labute approximate surface area is 462 Å². The third kappa shape index (κ3) is 54.7. The average Bonchev–Trinajstić information content (AvgIpc) is 3.41. The highest BCUT2D eigenvalue weighted by Crippen LogP contribution is 2.43. The molecule has 0 radical (unpaired) electrons. The van der Waals surface area contributed by atoms with Gasteiger partial charge in [0.2, 0.25) is 0 Å². The van der Waals surface area contributed by atoms with Crippen LogP contribution in [0.1, 0.15) is 226 Å². The number of carbonyl (C=O) groups excluding carboxylic acids is 3. The van der Waals surface area contributed by atoms with Crippen molar-refractivity contribution in [2.75, 3.05) is 26.4 Å². The van der Waals surface area contributed by atoms with E-state index in [0.717, 1.165) is 109 Å². The van der Waals surface area contributed by atoms with Crippen LogP contribution in [0.2, 0.25) is 0 Å². The van der Waals surface area contributed by atoms with E-state index in [1.54, 1.807) is 0 Å². The summed E-state index contributed by atoms with van der Waals surface area (Å²) in [6.07, 6.45) is 70.2. The van der Waals surface area contributed by atoms with E-state index in [1.807, 2.05) is 0 Å². The summed E-state index contributed by atoms with van der Waals surface area (Å²) >= 11 is 0. The zero-order valence-electron chi connectivity index (χ0n) is 47.7. The van der Waals surface area contributed by atoms with Crippen molar-refractivity contribution in [2.24, 2.45) is 0 Å². The van der Waals surface area contributed by atoms with Crippen molar-refractivity contribution >= 4 is 25.7 Å². The molecule has 0 aliphatic rings. The number of ether oxygens (including phenoxy) is 3. The van der Waals surface area contributed by atoms with Crippen LogP contribution < -0.4 is 0 Å². The molecule has 0 bridgehead atoms. The molecule has 0 heterocycles. The first-order valence-corrected chi connectivity index (χ1v) is 30.9. The number of rotatable bonds is 53. The molecule has 0 aromatic carbocycles. The minimum absolute atomic E-state index is 0.105. The second-order valence-electron chi connectivity index (χ2n) is 19.0. The number of phosphoric ester groups is 1. The molecular formula is C64H105O11P. The molecule has 3 atom stereocenters. The van der Waals surface area contributed by atoms with Gasteiger partial charge in [0.25, 0.3) is 0 Å². The Morgan fingerprint density at radius 1 is 0.382 bits per heavy atom. The van der Waals surface area contributed by atoms with E-state index in [-0.39, 0.29) is 25.9 Å². The zero-order valence-corrected chi connectivity index (χ0v) is 48.6. The van der Waals surface area contributed by atoms with Gasteiger partial charge in [0.05, 0.1) is 19.8 Å². The maximum Gasteiger partial charge on any atom is 0.472 e. The van der Waals surface area contributed by atoms with Crippen LogP contribution in [0.4, 0.5) is 0 Å². The number of hydrogen-bond acceptors (Lipinski definition) is 10. The summed E-state index contributed by atoms with van der Waals surface area (Å²) in [6.45, 7) is 4.28. The first kappa shape index (κ1) is 71.9. The predicted molar refractivity (Wildman–Crippen MR) is 316 cm³/mol. The Morgan fingerprint density at radius 3 is 1.08 bits per heavy atom. The van der Waals surface area contributed by atoms with E-state index in [2.05, 4.69) is 142 Å². The molecule has 0 fully saturated rings. The molecule has 3 unspecified atom stereocenters. The quantitative estimate of drug-likeness (QED) is 0.0197. The van der Waals surface area contributed by atoms with Crippen LogP contribution in [0.15, 0.2) is 122 Å². The van der Waals surface area contributed by atoms with E-state index in [9.17, 15) is 28.9 Å². The lowest BCUT2D eigenvalue weighted by atomic mass is 10.1. The highest BCUT2D eigenvalue weighted by Gasteiger charge is 2.28. The van der Waals surface area contributed by atoms with Gasteiger partial charge in [0, 0.05) is 19.3 Å². The number of unbranched alkanes of at least 4 members (excludes halogenated alkanes) is 16. The first-order valence-electron chi connectivity index (χ1n) is 29.4. The van der Waals surface area contributed by atoms with Crippen LogP contribution >= 0.6 is 7.82 Å². The summed E-state index contributed by atoms with van der Waals surface area (Å²) in [5.74, 6) is -1.57. The molecule has 12 heteroatoms. The van der Waals surface area contributed by atoms with E-state index in [1.165, 1.54) is 57.8 Å². The van der Waals surface area contributed by atoms with Gasteiger partial charge in [-0.2, -0.15) is 0 Å². The van der Waals surface area contributed by atoms with Crippen LogP contribution in [-0.4, -0.2) is 66.5 Å². The summed E-state index contributed by atoms with van der Waals surface area (Å²) in [4.78, 5) is 48.6. The Hall–Kier alpha value is -4.12. The van der Waals surface area contributed by atoms with Crippen LogP contribution in [0.3, 0.4) is 0 Å². The Balaban J connectivity index is 4.82. The SMILES string of the molecule is CC/C=C\C/C=C\C/C=C\C/C=C\CCCCC(=O)OC(CO)COP(=O)(O)OCC(COC(=O)CCCCCCCCCCC/C=C\C/C=C\CCCCC)OC(=O)CCCC/C=C\C/C=C\C/C=C\C/C=C\CC. The third-order valence-electron chi connectivity index (χ3n) is 11.8. The topological polar surface area (TPSA) is 155 Å². The third-order valence-corrected chi connectivity index (χ3v) is 12.8. The molecule has 2 N–H and O–H groups in total. The lowest BCUT2D eigenvalue weighted by Gasteiger charge is -2.21. The van der Waals surface area contributed by atoms with Crippen LogP contribution in [-0.2, 0) is 42.2 Å². The van der Waals surface area contributed by atoms with Crippen molar-refractivity contribution in [3.63, 3.8) is 0 Å². The van der Waals surface area contributed by atoms with Crippen molar-refractivity contribution in [1.29, 1.82) is 0 Å². The minimum atomic E-state index is -4.78. The Morgan fingerprint density at radius 2 is 0.684 bits per heavy atom. The molecule has 0 aliphatic carbocycles. The summed E-state index contributed by atoms with van der Waals surface area (Å²) < 4.78 is 39.5. The lowest BCUT2D eigenvalue weighted by molar-refractivity contribution is -0.161. The van der Waals surface area contributed by atoms with Gasteiger partial charge in [-0.15, -0.1) is 0 Å². The summed E-state index contributed by atoms with van der Waals surface area (Å²) in [6, 6.07) is 0. The molecule has 0 saturated carbocycles. The van der Waals surface area contributed by atoms with E-state index >= 15 is 0 Å². The Bertz CT molecular complexity index is 1740. The van der Waals surface area contributed by atoms with Crippen LogP contribution in [0.5, 0.6) is 0 Å². The highest BCUT2D eigenvalue weighted by molar-refractivity contribution is 7.47. The molecular weight excluding hydrogens is 976 g/mol. The maximum atomic E-state index is 12.9. The smallest absolute Gasteiger partial charge is 0.462 e. The predicted octanol–water partition coefficient (Wildman–Crippen LogP) is 17.6. The molecule has 0 amide bonds. The molecule has 0 rings (SSSR count).